The Kier molecular flexibility index (Phi) is 3.87. The van der Waals surface area contributed by atoms with Crippen molar-refractivity contribution in [2.45, 2.75) is 10.5 Å². The Bertz CT molecular complexity index is 654. The molecule has 3 aromatic rings. The van der Waals surface area contributed by atoms with Gasteiger partial charge >= 0.3 is 5.51 Å². The summed E-state index contributed by atoms with van der Waals surface area (Å²) >= 11 is -0.0906. The minimum absolute atomic E-state index is 0.0906. The van der Waals surface area contributed by atoms with Crippen LogP contribution in [0.15, 0.2) is 72.4 Å². The lowest BCUT2D eigenvalue weighted by Gasteiger charge is -2.23. The maximum Gasteiger partial charge on any atom is 0.447 e. The van der Waals surface area contributed by atoms with Crippen LogP contribution in [0, 0.1) is 0 Å². The summed E-state index contributed by atoms with van der Waals surface area (Å²) in [7, 11) is -1.18. The van der Waals surface area contributed by atoms with E-state index in [1.165, 1.54) is 6.07 Å². The zero-order valence-corrected chi connectivity index (χ0v) is 12.4. The highest BCUT2D eigenvalue weighted by molar-refractivity contribution is 8.00. The Hall–Kier alpha value is -1.59. The van der Waals surface area contributed by atoms with Crippen molar-refractivity contribution in [2.24, 2.45) is 0 Å². The standard InChI is InChI=1S/C13H11F3N3PS/c14-13(15,16)21-12-6-5-11-19(12)20(17-7-1-2-8-17)18-9-3-4-10-18/h1-11H. The van der Waals surface area contributed by atoms with Crippen molar-refractivity contribution < 1.29 is 13.2 Å². The third-order valence-corrected chi connectivity index (χ3v) is 5.70. The van der Waals surface area contributed by atoms with Crippen LogP contribution in [0.4, 0.5) is 13.2 Å². The summed E-state index contributed by atoms with van der Waals surface area (Å²) in [6.07, 6.45) is 9.10. The van der Waals surface area contributed by atoms with E-state index in [0.29, 0.717) is 0 Å². The number of aromatic nitrogens is 3. The van der Waals surface area contributed by atoms with Crippen molar-refractivity contribution in [3.05, 3.63) is 67.4 Å². The minimum Gasteiger partial charge on any atom is -0.298 e. The normalized spacial score (nSPS) is 12.2. The Balaban J connectivity index is 2.04. The molecule has 0 saturated heterocycles. The lowest BCUT2D eigenvalue weighted by molar-refractivity contribution is -0.0329. The number of halogens is 3. The average molecular weight is 329 g/mol. The predicted octanol–water partition coefficient (Wildman–Crippen LogP) is 4.87. The summed E-state index contributed by atoms with van der Waals surface area (Å²) in [4.78, 5) is 0. The number of hydrogen-bond acceptors (Lipinski definition) is 1. The first-order valence-electron chi connectivity index (χ1n) is 6.05. The van der Waals surface area contributed by atoms with Crippen LogP contribution in [0.3, 0.4) is 0 Å². The first-order valence-corrected chi connectivity index (χ1v) is 8.06. The number of thioether (sulfide) groups is 1. The van der Waals surface area contributed by atoms with E-state index in [0.717, 1.165) is 0 Å². The molecule has 0 atom stereocenters. The van der Waals surface area contributed by atoms with Gasteiger partial charge in [0.2, 0.25) is 8.37 Å². The molecule has 0 aliphatic heterocycles. The molecule has 0 fully saturated rings. The molecule has 0 N–H and O–H groups in total. The van der Waals surface area contributed by atoms with Crippen LogP contribution in [-0.2, 0) is 0 Å². The maximum absolute atomic E-state index is 12.7. The van der Waals surface area contributed by atoms with E-state index in [1.54, 1.807) is 16.6 Å². The van der Waals surface area contributed by atoms with Crippen molar-refractivity contribution in [3.63, 3.8) is 0 Å². The van der Waals surface area contributed by atoms with Gasteiger partial charge in [-0.25, -0.2) is 0 Å². The van der Waals surface area contributed by atoms with E-state index in [2.05, 4.69) is 0 Å². The zero-order valence-electron chi connectivity index (χ0n) is 10.7. The zero-order chi connectivity index (χ0) is 14.9. The third kappa shape index (κ3) is 3.19. The molecule has 0 unspecified atom stereocenters. The molecule has 3 heterocycles. The first-order chi connectivity index (χ1) is 10.0. The van der Waals surface area contributed by atoms with Gasteiger partial charge in [-0.2, -0.15) is 13.2 Å². The van der Waals surface area contributed by atoms with E-state index >= 15 is 0 Å². The Labute approximate surface area is 124 Å². The number of rotatable bonds is 4. The van der Waals surface area contributed by atoms with Crippen molar-refractivity contribution in [1.82, 2.24) is 13.0 Å². The SMILES string of the molecule is FC(F)(F)Sc1cccn1P(n1cccc1)n1cccc1. The molecule has 0 radical (unpaired) electrons. The highest BCUT2D eigenvalue weighted by Gasteiger charge is 2.32. The van der Waals surface area contributed by atoms with Crippen LogP contribution in [0.2, 0.25) is 0 Å². The molecule has 8 heteroatoms. The fraction of sp³-hybridized carbons (Fsp3) is 0.0769. The van der Waals surface area contributed by atoms with Crippen LogP contribution < -0.4 is 0 Å². The highest BCUT2D eigenvalue weighted by Crippen LogP contribution is 2.47. The van der Waals surface area contributed by atoms with Gasteiger partial charge < -0.3 is 0 Å². The van der Waals surface area contributed by atoms with Gasteiger partial charge in [0.25, 0.3) is 0 Å². The predicted molar refractivity (Wildman–Crippen MR) is 78.3 cm³/mol. The smallest absolute Gasteiger partial charge is 0.298 e. The maximum atomic E-state index is 12.7. The molecule has 0 aromatic carbocycles. The van der Waals surface area contributed by atoms with Crippen LogP contribution in [0.1, 0.15) is 0 Å². The Morgan fingerprint density at radius 1 is 0.810 bits per heavy atom. The lowest BCUT2D eigenvalue weighted by Crippen LogP contribution is -2.08. The van der Waals surface area contributed by atoms with Crippen LogP contribution in [0.25, 0.3) is 0 Å². The van der Waals surface area contributed by atoms with Crippen LogP contribution in [-0.4, -0.2) is 18.5 Å². The summed E-state index contributed by atoms with van der Waals surface area (Å²) in [6, 6.07) is 10.6. The van der Waals surface area contributed by atoms with Crippen molar-refractivity contribution in [1.29, 1.82) is 0 Å². The molecule has 3 rings (SSSR count). The number of alkyl halides is 3. The molecular formula is C13H11F3N3PS. The van der Waals surface area contributed by atoms with Gasteiger partial charge in [-0.1, -0.05) is 0 Å². The van der Waals surface area contributed by atoms with E-state index in [1.807, 2.05) is 57.7 Å². The third-order valence-electron chi connectivity index (χ3n) is 2.70. The van der Waals surface area contributed by atoms with Crippen molar-refractivity contribution in [3.8, 4) is 0 Å². The summed E-state index contributed by atoms with van der Waals surface area (Å²) in [5, 5.41) is 0.177. The summed E-state index contributed by atoms with van der Waals surface area (Å²) < 4.78 is 43.6. The molecule has 110 valence electrons. The second-order valence-electron chi connectivity index (χ2n) is 4.13. The van der Waals surface area contributed by atoms with Gasteiger partial charge in [0.15, 0.2) is 0 Å². The van der Waals surface area contributed by atoms with Gasteiger partial charge in [0.05, 0.1) is 5.03 Å². The largest absolute Gasteiger partial charge is 0.447 e. The minimum atomic E-state index is -4.30. The van der Waals surface area contributed by atoms with Crippen molar-refractivity contribution in [2.75, 3.05) is 0 Å². The highest BCUT2D eigenvalue weighted by atomic mass is 32.2. The molecule has 0 amide bonds. The van der Waals surface area contributed by atoms with E-state index < -0.39 is 13.9 Å². The molecule has 3 nitrogen and oxygen atoms in total. The second-order valence-corrected chi connectivity index (χ2v) is 7.11. The van der Waals surface area contributed by atoms with Gasteiger partial charge in [-0.15, -0.1) is 0 Å². The van der Waals surface area contributed by atoms with Crippen LogP contribution in [0.5, 0.6) is 0 Å². The van der Waals surface area contributed by atoms with Gasteiger partial charge in [-0.3, -0.25) is 13.0 Å². The van der Waals surface area contributed by atoms with Crippen molar-refractivity contribution >= 4 is 20.1 Å². The molecule has 0 aliphatic rings. The summed E-state index contributed by atoms with van der Waals surface area (Å²) in [5.74, 6) is 0. The molecule has 0 aliphatic carbocycles. The molecule has 0 bridgehead atoms. The molecule has 21 heavy (non-hydrogen) atoms. The van der Waals surface area contributed by atoms with E-state index in [4.69, 9.17) is 0 Å². The topological polar surface area (TPSA) is 14.8 Å². The first kappa shape index (κ1) is 14.4. The molecule has 3 aromatic heterocycles. The molecule has 0 spiro atoms. The summed E-state index contributed by atoms with van der Waals surface area (Å²) in [5.41, 5.74) is -4.30. The van der Waals surface area contributed by atoms with Crippen LogP contribution >= 0.6 is 20.1 Å². The monoisotopic (exact) mass is 329 g/mol. The van der Waals surface area contributed by atoms with Gasteiger partial charge in [0, 0.05) is 42.7 Å². The lowest BCUT2D eigenvalue weighted by atomic mass is 10.7. The Morgan fingerprint density at radius 2 is 1.33 bits per heavy atom. The molecule has 0 saturated carbocycles. The van der Waals surface area contributed by atoms with E-state index in [-0.39, 0.29) is 16.8 Å². The van der Waals surface area contributed by atoms with Gasteiger partial charge in [-0.05, 0) is 36.4 Å². The fourth-order valence-corrected chi connectivity index (χ4v) is 4.72. The van der Waals surface area contributed by atoms with E-state index in [9.17, 15) is 13.2 Å². The Morgan fingerprint density at radius 3 is 1.81 bits per heavy atom. The van der Waals surface area contributed by atoms with Gasteiger partial charge in [0.1, 0.15) is 0 Å². The quantitative estimate of drug-likeness (QED) is 0.492. The summed E-state index contributed by atoms with van der Waals surface area (Å²) in [6.45, 7) is 0. The fourth-order valence-electron chi connectivity index (χ4n) is 1.94. The number of hydrogen-bond donors (Lipinski definition) is 0. The number of nitrogens with zero attached hydrogens (tertiary/aromatic N) is 3. The molecular weight excluding hydrogens is 318 g/mol. The average Bonchev–Trinajstić information content (AvgIpc) is 3.12. The second kappa shape index (κ2) is 5.66.